The summed E-state index contributed by atoms with van der Waals surface area (Å²) < 4.78 is 0. The highest BCUT2D eigenvalue weighted by Crippen LogP contribution is 2.32. The number of pyridine rings is 1. The number of rotatable bonds is 3. The van der Waals surface area contributed by atoms with Crippen LogP contribution in [0.25, 0.3) is 22.2 Å². The van der Waals surface area contributed by atoms with Crippen LogP contribution in [0.1, 0.15) is 23.6 Å². The van der Waals surface area contributed by atoms with Crippen LogP contribution in [-0.4, -0.2) is 9.97 Å². The normalized spacial score (nSPS) is 10.7. The second-order valence-corrected chi connectivity index (χ2v) is 4.94. The Kier molecular flexibility index (Phi) is 3.43. The SMILES string of the molecule is CCc1cnc2[nH]ccc2c1-c1ccc(CN)c(C#N)c1. The van der Waals surface area contributed by atoms with Crippen LogP contribution < -0.4 is 5.73 Å². The summed E-state index contributed by atoms with van der Waals surface area (Å²) >= 11 is 0. The van der Waals surface area contributed by atoms with Crippen LogP contribution in [0.2, 0.25) is 0 Å². The molecular weight excluding hydrogens is 260 g/mol. The molecule has 0 saturated carbocycles. The molecule has 2 aromatic heterocycles. The highest BCUT2D eigenvalue weighted by Gasteiger charge is 2.12. The molecule has 0 fully saturated rings. The van der Waals surface area contributed by atoms with Gasteiger partial charge < -0.3 is 10.7 Å². The maximum Gasteiger partial charge on any atom is 0.137 e. The van der Waals surface area contributed by atoms with Gasteiger partial charge in [0.15, 0.2) is 0 Å². The van der Waals surface area contributed by atoms with Crippen LogP contribution >= 0.6 is 0 Å². The molecule has 3 N–H and O–H groups in total. The van der Waals surface area contributed by atoms with Crippen molar-refractivity contribution in [3.63, 3.8) is 0 Å². The molecule has 0 unspecified atom stereocenters. The minimum absolute atomic E-state index is 0.375. The van der Waals surface area contributed by atoms with Gasteiger partial charge in [-0.05, 0) is 40.8 Å². The van der Waals surface area contributed by atoms with E-state index < -0.39 is 0 Å². The van der Waals surface area contributed by atoms with E-state index >= 15 is 0 Å². The summed E-state index contributed by atoms with van der Waals surface area (Å²) in [5, 5.41) is 10.4. The van der Waals surface area contributed by atoms with Gasteiger partial charge in [-0.15, -0.1) is 0 Å². The number of fused-ring (bicyclic) bond motifs is 1. The van der Waals surface area contributed by atoms with E-state index in [2.05, 4.69) is 23.0 Å². The molecule has 4 nitrogen and oxygen atoms in total. The van der Waals surface area contributed by atoms with Crippen molar-refractivity contribution in [1.82, 2.24) is 9.97 Å². The molecule has 3 rings (SSSR count). The lowest BCUT2D eigenvalue weighted by molar-refractivity contribution is 1.06. The molecule has 3 aromatic rings. The lowest BCUT2D eigenvalue weighted by atomic mass is 9.94. The van der Waals surface area contributed by atoms with Crippen LogP contribution in [0, 0.1) is 11.3 Å². The molecule has 0 radical (unpaired) electrons. The summed E-state index contributed by atoms with van der Waals surface area (Å²) in [7, 11) is 0. The Hall–Kier alpha value is -2.64. The highest BCUT2D eigenvalue weighted by molar-refractivity contribution is 5.95. The van der Waals surface area contributed by atoms with Gasteiger partial charge in [-0.25, -0.2) is 4.98 Å². The predicted molar refractivity (Wildman–Crippen MR) is 83.5 cm³/mol. The van der Waals surface area contributed by atoms with Gasteiger partial charge in [0.2, 0.25) is 0 Å². The molecule has 0 spiro atoms. The second-order valence-electron chi connectivity index (χ2n) is 4.94. The minimum Gasteiger partial charge on any atom is -0.346 e. The lowest BCUT2D eigenvalue weighted by Gasteiger charge is -2.11. The zero-order chi connectivity index (χ0) is 14.8. The van der Waals surface area contributed by atoms with E-state index in [0.29, 0.717) is 12.1 Å². The molecule has 104 valence electrons. The molecule has 0 aliphatic carbocycles. The number of H-pyrrole nitrogens is 1. The van der Waals surface area contributed by atoms with Gasteiger partial charge in [0.25, 0.3) is 0 Å². The van der Waals surface area contributed by atoms with E-state index in [0.717, 1.165) is 34.1 Å². The van der Waals surface area contributed by atoms with Crippen molar-refractivity contribution < 1.29 is 0 Å². The number of aromatic amines is 1. The number of hydrogen-bond donors (Lipinski definition) is 2. The van der Waals surface area contributed by atoms with Gasteiger partial charge >= 0.3 is 0 Å². The topological polar surface area (TPSA) is 78.5 Å². The molecule has 0 aliphatic heterocycles. The fourth-order valence-corrected chi connectivity index (χ4v) is 2.67. The first-order valence-electron chi connectivity index (χ1n) is 6.97. The van der Waals surface area contributed by atoms with Gasteiger partial charge in [0, 0.05) is 24.3 Å². The average Bonchev–Trinajstić information content (AvgIpc) is 3.01. The van der Waals surface area contributed by atoms with Crippen LogP contribution in [0.4, 0.5) is 0 Å². The zero-order valence-electron chi connectivity index (χ0n) is 11.9. The van der Waals surface area contributed by atoms with Crippen molar-refractivity contribution in [1.29, 1.82) is 5.26 Å². The monoisotopic (exact) mass is 276 g/mol. The molecule has 2 heterocycles. The first-order valence-corrected chi connectivity index (χ1v) is 6.97. The minimum atomic E-state index is 0.375. The van der Waals surface area contributed by atoms with Crippen molar-refractivity contribution in [3.8, 4) is 17.2 Å². The van der Waals surface area contributed by atoms with E-state index in [4.69, 9.17) is 5.73 Å². The third-order valence-electron chi connectivity index (χ3n) is 3.78. The number of nitrogens with one attached hydrogen (secondary N) is 1. The number of aryl methyl sites for hydroxylation is 1. The zero-order valence-corrected chi connectivity index (χ0v) is 11.9. The lowest BCUT2D eigenvalue weighted by Crippen LogP contribution is -2.00. The number of hydrogen-bond acceptors (Lipinski definition) is 3. The third-order valence-corrected chi connectivity index (χ3v) is 3.78. The summed E-state index contributed by atoms with van der Waals surface area (Å²) in [6.07, 6.45) is 4.68. The number of nitrogens with zero attached hydrogens (tertiary/aromatic N) is 2. The van der Waals surface area contributed by atoms with Crippen LogP contribution in [0.15, 0.2) is 36.7 Å². The fourth-order valence-electron chi connectivity index (χ4n) is 2.67. The van der Waals surface area contributed by atoms with Crippen LogP contribution in [0.5, 0.6) is 0 Å². The van der Waals surface area contributed by atoms with Crippen molar-refractivity contribution in [3.05, 3.63) is 53.3 Å². The molecule has 0 aliphatic rings. The molecule has 1 aromatic carbocycles. The largest absolute Gasteiger partial charge is 0.346 e. The second kappa shape index (κ2) is 5.39. The third kappa shape index (κ3) is 2.18. The van der Waals surface area contributed by atoms with E-state index in [1.54, 1.807) is 0 Å². The van der Waals surface area contributed by atoms with Crippen LogP contribution in [0.3, 0.4) is 0 Å². The standard InChI is InChI=1S/C17H16N4/c1-2-11-10-21-17-15(5-6-20-17)16(11)12-3-4-13(8-18)14(7-12)9-19/h3-7,10H,2,8,18H2,1H3,(H,20,21). The summed E-state index contributed by atoms with van der Waals surface area (Å²) in [6.45, 7) is 2.48. The van der Waals surface area contributed by atoms with Gasteiger partial charge in [-0.2, -0.15) is 5.26 Å². The van der Waals surface area contributed by atoms with E-state index in [1.165, 1.54) is 5.56 Å². The summed E-state index contributed by atoms with van der Waals surface area (Å²) in [5.41, 5.74) is 11.4. The first-order chi connectivity index (χ1) is 10.3. The van der Waals surface area contributed by atoms with Crippen LogP contribution in [-0.2, 0) is 13.0 Å². The number of benzene rings is 1. The van der Waals surface area contributed by atoms with Gasteiger partial charge in [0.1, 0.15) is 5.65 Å². The number of nitrogens with two attached hydrogens (primary N) is 1. The quantitative estimate of drug-likeness (QED) is 0.771. The van der Waals surface area contributed by atoms with Gasteiger partial charge in [0.05, 0.1) is 11.6 Å². The summed E-state index contributed by atoms with van der Waals surface area (Å²) in [5.74, 6) is 0. The smallest absolute Gasteiger partial charge is 0.137 e. The van der Waals surface area contributed by atoms with Crippen molar-refractivity contribution >= 4 is 11.0 Å². The van der Waals surface area contributed by atoms with Gasteiger partial charge in [-0.3, -0.25) is 0 Å². The Morgan fingerprint density at radius 2 is 2.14 bits per heavy atom. The maximum atomic E-state index is 9.30. The number of aromatic nitrogens is 2. The predicted octanol–water partition coefficient (Wildman–Crippen LogP) is 3.12. The van der Waals surface area contributed by atoms with E-state index in [9.17, 15) is 5.26 Å². The maximum absolute atomic E-state index is 9.30. The Labute approximate surface area is 123 Å². The van der Waals surface area contributed by atoms with Crippen molar-refractivity contribution in [2.45, 2.75) is 19.9 Å². The highest BCUT2D eigenvalue weighted by atomic mass is 14.8. The molecule has 0 atom stereocenters. The van der Waals surface area contributed by atoms with E-state index in [1.807, 2.05) is 36.7 Å². The summed E-state index contributed by atoms with van der Waals surface area (Å²) in [6, 6.07) is 10.1. The average molecular weight is 276 g/mol. The summed E-state index contributed by atoms with van der Waals surface area (Å²) in [4.78, 5) is 7.57. The molecule has 0 bridgehead atoms. The fraction of sp³-hybridized carbons (Fsp3) is 0.176. The Balaban J connectivity index is 2.29. The Morgan fingerprint density at radius 1 is 1.29 bits per heavy atom. The molecule has 4 heteroatoms. The van der Waals surface area contributed by atoms with Gasteiger partial charge in [-0.1, -0.05) is 19.1 Å². The molecule has 21 heavy (non-hydrogen) atoms. The Bertz CT molecular complexity index is 840. The number of nitriles is 1. The van der Waals surface area contributed by atoms with Crippen molar-refractivity contribution in [2.24, 2.45) is 5.73 Å². The Morgan fingerprint density at radius 3 is 2.86 bits per heavy atom. The molecular formula is C17H16N4. The molecule has 0 amide bonds. The van der Waals surface area contributed by atoms with Crippen molar-refractivity contribution in [2.75, 3.05) is 0 Å². The first kappa shape index (κ1) is 13.3. The molecule has 0 saturated heterocycles. The van der Waals surface area contributed by atoms with E-state index in [-0.39, 0.29) is 0 Å².